The number of carbonyl (C=O) groups excluding carboxylic acids is 2. The molecule has 0 amide bonds. The number of ketones is 2. The molecule has 1 N–H and O–H groups in total. The summed E-state index contributed by atoms with van der Waals surface area (Å²) in [5, 5.41) is 10.5. The molecule has 0 unspecified atom stereocenters. The van der Waals surface area contributed by atoms with Gasteiger partial charge in [0, 0.05) is 12.8 Å². The number of unbranched alkanes of at least 4 members (excludes halogenated alkanes) is 22. The van der Waals surface area contributed by atoms with Crippen molar-refractivity contribution in [3.05, 3.63) is 24.3 Å². The summed E-state index contributed by atoms with van der Waals surface area (Å²) < 4.78 is 0.497. The fourth-order valence-corrected chi connectivity index (χ4v) is 6.56. The van der Waals surface area contributed by atoms with E-state index in [1.165, 1.54) is 116 Å². The minimum atomic E-state index is -1.25. The number of nitrogens with zero attached hydrogens (tertiary/aromatic N) is 1. The molecule has 47 heavy (non-hydrogen) atoms. The van der Waals surface area contributed by atoms with Crippen molar-refractivity contribution < 1.29 is 31.6 Å². The van der Waals surface area contributed by atoms with Crippen LogP contribution in [0.2, 0.25) is 0 Å². The van der Waals surface area contributed by atoms with Crippen molar-refractivity contribution in [1.29, 1.82) is 0 Å². The quantitative estimate of drug-likeness (QED) is 0.0315. The third-order valence-electron chi connectivity index (χ3n) is 9.41. The lowest BCUT2D eigenvalue weighted by Crippen LogP contribution is -3.00. The van der Waals surface area contributed by atoms with Gasteiger partial charge in [0.2, 0.25) is 0 Å². The van der Waals surface area contributed by atoms with Crippen LogP contribution in [0.15, 0.2) is 24.3 Å². The first kappa shape index (κ1) is 48.1. The SMILES string of the molecule is CCCCCCCC/C=C\CCCCCCCC(=O)C(CO)(C[N+](C)(C)C)C(=O)CCCCCCC/C=C\CCCCCCCC.[Cl-]. The molecule has 0 saturated heterocycles. The molecule has 0 fully saturated rings. The molecule has 5 heteroatoms. The van der Waals surface area contributed by atoms with Crippen LogP contribution in [-0.2, 0) is 9.59 Å². The van der Waals surface area contributed by atoms with Crippen LogP contribution in [0.1, 0.15) is 194 Å². The molecule has 4 nitrogen and oxygen atoms in total. The highest BCUT2D eigenvalue weighted by Gasteiger charge is 2.47. The molecule has 0 aromatic carbocycles. The Morgan fingerprint density at radius 1 is 0.489 bits per heavy atom. The molecule has 0 rings (SSSR count). The van der Waals surface area contributed by atoms with Gasteiger partial charge >= 0.3 is 0 Å². The summed E-state index contributed by atoms with van der Waals surface area (Å²) >= 11 is 0. The topological polar surface area (TPSA) is 54.4 Å². The number of Topliss-reactive ketones (excluding diaryl/α,β-unsaturated/α-hetero) is 2. The number of halogens is 1. The molecule has 0 aliphatic rings. The summed E-state index contributed by atoms with van der Waals surface area (Å²) in [6.45, 7) is 4.54. The summed E-state index contributed by atoms with van der Waals surface area (Å²) in [6, 6.07) is 0. The van der Waals surface area contributed by atoms with Crippen molar-refractivity contribution >= 4 is 11.6 Å². The zero-order valence-electron chi connectivity index (χ0n) is 32.1. The molecule has 0 atom stereocenters. The Labute approximate surface area is 300 Å². The maximum absolute atomic E-state index is 13.5. The molecule has 0 spiro atoms. The number of carbonyl (C=O) groups is 2. The van der Waals surface area contributed by atoms with Crippen molar-refractivity contribution in [3.8, 4) is 0 Å². The fraction of sp³-hybridized carbons (Fsp3) is 0.857. The van der Waals surface area contributed by atoms with E-state index in [-0.39, 0.29) is 30.6 Å². The van der Waals surface area contributed by atoms with E-state index in [9.17, 15) is 14.7 Å². The van der Waals surface area contributed by atoms with Gasteiger partial charge in [0.25, 0.3) is 0 Å². The number of hydrogen-bond donors (Lipinski definition) is 1. The zero-order valence-corrected chi connectivity index (χ0v) is 32.9. The van der Waals surface area contributed by atoms with Crippen LogP contribution in [-0.4, -0.2) is 55.5 Å². The Morgan fingerprint density at radius 3 is 1.04 bits per heavy atom. The highest BCUT2D eigenvalue weighted by molar-refractivity contribution is 6.07. The average molecular weight is 683 g/mol. The van der Waals surface area contributed by atoms with Gasteiger partial charge < -0.3 is 22.0 Å². The number of hydrogen-bond acceptors (Lipinski definition) is 3. The number of quaternary nitrogens is 1. The third kappa shape index (κ3) is 28.6. The van der Waals surface area contributed by atoms with Gasteiger partial charge in [-0.25, -0.2) is 0 Å². The average Bonchev–Trinajstić information content (AvgIpc) is 3.02. The Morgan fingerprint density at radius 2 is 0.766 bits per heavy atom. The predicted octanol–water partition coefficient (Wildman–Crippen LogP) is 8.89. The van der Waals surface area contributed by atoms with E-state index < -0.39 is 5.41 Å². The zero-order chi connectivity index (χ0) is 34.2. The van der Waals surface area contributed by atoms with Crippen molar-refractivity contribution in [2.24, 2.45) is 5.41 Å². The molecular formula is C42H80ClNO3. The van der Waals surface area contributed by atoms with Crippen LogP contribution in [0.4, 0.5) is 0 Å². The fourth-order valence-electron chi connectivity index (χ4n) is 6.56. The van der Waals surface area contributed by atoms with E-state index in [0.29, 0.717) is 23.9 Å². The van der Waals surface area contributed by atoms with Crippen molar-refractivity contribution in [2.45, 2.75) is 194 Å². The lowest BCUT2D eigenvalue weighted by molar-refractivity contribution is -0.874. The van der Waals surface area contributed by atoms with Gasteiger partial charge in [-0.3, -0.25) is 9.59 Å². The van der Waals surface area contributed by atoms with E-state index in [1.54, 1.807) is 0 Å². The normalized spacial score (nSPS) is 12.3. The molecule has 278 valence electrons. The van der Waals surface area contributed by atoms with Gasteiger partial charge in [-0.1, -0.05) is 141 Å². The molecule has 0 bridgehead atoms. The summed E-state index contributed by atoms with van der Waals surface area (Å²) in [5.41, 5.74) is -1.25. The highest BCUT2D eigenvalue weighted by Crippen LogP contribution is 2.28. The molecule has 0 aromatic rings. The first-order valence-corrected chi connectivity index (χ1v) is 20.0. The number of rotatable bonds is 35. The van der Waals surface area contributed by atoms with Gasteiger partial charge in [-0.2, -0.15) is 0 Å². The Bertz CT molecular complexity index is 718. The van der Waals surface area contributed by atoms with Gasteiger partial charge in [-0.15, -0.1) is 0 Å². The summed E-state index contributed by atoms with van der Waals surface area (Å²) in [7, 11) is 6.03. The Hall–Kier alpha value is -0.970. The predicted molar refractivity (Wildman–Crippen MR) is 201 cm³/mol. The van der Waals surface area contributed by atoms with Crippen molar-refractivity contribution in [1.82, 2.24) is 0 Å². The second kappa shape index (κ2) is 33.5. The lowest BCUT2D eigenvalue weighted by atomic mass is 9.75. The molecule has 0 aromatic heterocycles. The summed E-state index contributed by atoms with van der Waals surface area (Å²) in [5.74, 6) is -0.0863. The third-order valence-corrected chi connectivity index (χ3v) is 9.41. The second-order valence-corrected chi connectivity index (χ2v) is 15.2. The second-order valence-electron chi connectivity index (χ2n) is 15.2. The van der Waals surface area contributed by atoms with Crippen LogP contribution in [0.5, 0.6) is 0 Å². The van der Waals surface area contributed by atoms with E-state index in [4.69, 9.17) is 0 Å². The van der Waals surface area contributed by atoms with Crippen LogP contribution in [0.25, 0.3) is 0 Å². The van der Waals surface area contributed by atoms with Gasteiger partial charge in [0.1, 0.15) is 6.54 Å². The highest BCUT2D eigenvalue weighted by atomic mass is 35.5. The largest absolute Gasteiger partial charge is 1.00 e. The minimum absolute atomic E-state index is 0. The van der Waals surface area contributed by atoms with Gasteiger partial charge in [0.15, 0.2) is 17.0 Å². The maximum Gasteiger partial charge on any atom is 0.159 e. The minimum Gasteiger partial charge on any atom is -1.00 e. The monoisotopic (exact) mass is 682 g/mol. The smallest absolute Gasteiger partial charge is 0.159 e. The Kier molecular flexibility index (Phi) is 34.3. The Balaban J connectivity index is 0. The number of aliphatic hydroxyl groups excluding tert-OH is 1. The molecule has 0 saturated carbocycles. The van der Waals surface area contributed by atoms with Crippen LogP contribution >= 0.6 is 0 Å². The van der Waals surface area contributed by atoms with E-state index in [2.05, 4.69) is 38.2 Å². The van der Waals surface area contributed by atoms with Gasteiger partial charge in [0.05, 0.1) is 27.7 Å². The molecular weight excluding hydrogens is 602 g/mol. The number of allylic oxidation sites excluding steroid dienone is 4. The first-order chi connectivity index (χ1) is 22.2. The number of aliphatic hydroxyl groups is 1. The van der Waals surface area contributed by atoms with E-state index >= 15 is 0 Å². The van der Waals surface area contributed by atoms with Crippen LogP contribution < -0.4 is 12.4 Å². The molecule has 0 radical (unpaired) electrons. The summed E-state index contributed by atoms with van der Waals surface area (Å²) in [4.78, 5) is 27.0. The first-order valence-electron chi connectivity index (χ1n) is 20.0. The van der Waals surface area contributed by atoms with Crippen LogP contribution in [0.3, 0.4) is 0 Å². The van der Waals surface area contributed by atoms with E-state index in [1.807, 2.05) is 21.1 Å². The molecule has 0 aliphatic heterocycles. The standard InChI is InChI=1S/C42H80NO3.ClH/c1-6-8-10-12-14-16-18-20-22-24-26-28-30-32-34-36-40(45)42(39-44,38-43(3,4)5)41(46)37-35-33-31-29-27-25-23-21-19-17-15-13-11-9-7-2;/h20-23,44H,6-19,24-39H2,1-5H3;1H/q+1;/p-1/b22-20-,23-21-;. The van der Waals surface area contributed by atoms with E-state index in [0.717, 1.165) is 51.4 Å². The molecule has 0 heterocycles. The molecule has 0 aliphatic carbocycles. The van der Waals surface area contributed by atoms with Crippen LogP contribution in [0, 0.1) is 5.41 Å². The van der Waals surface area contributed by atoms with Crippen molar-refractivity contribution in [3.63, 3.8) is 0 Å². The summed E-state index contributed by atoms with van der Waals surface area (Å²) in [6.07, 6.45) is 41.9. The lowest BCUT2D eigenvalue weighted by Gasteiger charge is -2.36. The van der Waals surface area contributed by atoms with Crippen molar-refractivity contribution in [2.75, 3.05) is 34.3 Å². The van der Waals surface area contributed by atoms with Gasteiger partial charge in [-0.05, 0) is 64.2 Å². The maximum atomic E-state index is 13.5.